The van der Waals surface area contributed by atoms with E-state index in [4.69, 9.17) is 20.2 Å². The molecular formula is C10H11ClFNO6S. The van der Waals surface area contributed by atoms with Gasteiger partial charge in [-0.05, 0) is 6.92 Å². The number of hydrogen-bond acceptors (Lipinski definition) is 6. The minimum Gasteiger partial charge on any atom is -0.487 e. The van der Waals surface area contributed by atoms with Crippen LogP contribution in [0.25, 0.3) is 0 Å². The fourth-order valence-electron chi connectivity index (χ4n) is 1.33. The van der Waals surface area contributed by atoms with Crippen molar-refractivity contribution in [1.82, 2.24) is 0 Å². The van der Waals surface area contributed by atoms with Crippen molar-refractivity contribution < 1.29 is 27.2 Å². The van der Waals surface area contributed by atoms with E-state index in [1.54, 1.807) is 6.92 Å². The van der Waals surface area contributed by atoms with Crippen LogP contribution in [-0.4, -0.2) is 33.2 Å². The molecule has 0 aliphatic rings. The summed E-state index contributed by atoms with van der Waals surface area (Å²) in [6, 6.07) is 1.20. The van der Waals surface area contributed by atoms with E-state index in [1.165, 1.54) is 0 Å². The van der Waals surface area contributed by atoms with Crippen molar-refractivity contribution >= 4 is 25.4 Å². The molecule has 0 amide bonds. The average Bonchev–Trinajstić information content (AvgIpc) is 2.34. The topological polar surface area (TPSA) is 95.7 Å². The Morgan fingerprint density at radius 2 is 2.05 bits per heavy atom. The van der Waals surface area contributed by atoms with Crippen molar-refractivity contribution in [2.24, 2.45) is 0 Å². The van der Waals surface area contributed by atoms with Gasteiger partial charge >= 0.3 is 0 Å². The molecule has 0 spiro atoms. The third-order valence-electron chi connectivity index (χ3n) is 2.15. The van der Waals surface area contributed by atoms with E-state index in [0.29, 0.717) is 18.7 Å². The maximum atomic E-state index is 13.7. The first-order chi connectivity index (χ1) is 9.27. The molecule has 0 unspecified atom stereocenters. The number of nitro benzene ring substituents is 1. The van der Waals surface area contributed by atoms with E-state index in [1.807, 2.05) is 0 Å². The molecule has 1 aromatic carbocycles. The normalized spacial score (nSPS) is 11.3. The Hall–Kier alpha value is -1.45. The van der Waals surface area contributed by atoms with Crippen LogP contribution >= 0.6 is 10.7 Å². The summed E-state index contributed by atoms with van der Waals surface area (Å²) in [6.07, 6.45) is 0. The summed E-state index contributed by atoms with van der Waals surface area (Å²) in [5, 5.41) is 10.6. The lowest BCUT2D eigenvalue weighted by atomic mass is 10.3. The second-order valence-electron chi connectivity index (χ2n) is 3.50. The van der Waals surface area contributed by atoms with Gasteiger partial charge in [0.15, 0.2) is 11.6 Å². The highest BCUT2D eigenvalue weighted by atomic mass is 35.7. The molecule has 0 saturated heterocycles. The molecule has 0 atom stereocenters. The number of benzene rings is 1. The molecule has 0 heterocycles. The standard InChI is InChI=1S/C10H11ClFNO6S/c1-2-18-3-4-19-10-8(12)5-7(13(14)15)6-9(10)20(11,16)17/h5-6H,2-4H2,1H3. The molecule has 7 nitrogen and oxygen atoms in total. The molecule has 0 aliphatic carbocycles. The average molecular weight is 328 g/mol. The zero-order valence-electron chi connectivity index (χ0n) is 10.3. The Balaban J connectivity index is 3.18. The molecule has 10 heteroatoms. The van der Waals surface area contributed by atoms with Crippen molar-refractivity contribution in [3.63, 3.8) is 0 Å². The van der Waals surface area contributed by atoms with Crippen LogP contribution in [0.4, 0.5) is 10.1 Å². The smallest absolute Gasteiger partial charge is 0.273 e. The largest absolute Gasteiger partial charge is 0.487 e. The fraction of sp³-hybridized carbons (Fsp3) is 0.400. The Labute approximate surface area is 118 Å². The SMILES string of the molecule is CCOCCOc1c(F)cc([N+](=O)[O-])cc1S(=O)(=O)Cl. The van der Waals surface area contributed by atoms with E-state index in [0.717, 1.165) is 0 Å². The van der Waals surface area contributed by atoms with E-state index < -0.39 is 36.1 Å². The molecule has 0 aliphatic heterocycles. The minimum atomic E-state index is -4.39. The van der Waals surface area contributed by atoms with Crippen LogP contribution in [0.5, 0.6) is 5.75 Å². The highest BCUT2D eigenvalue weighted by Crippen LogP contribution is 2.33. The fourth-order valence-corrected chi connectivity index (χ4v) is 2.31. The number of halogens is 2. The third-order valence-corrected chi connectivity index (χ3v) is 3.47. The van der Waals surface area contributed by atoms with Crippen molar-refractivity contribution in [3.05, 3.63) is 28.1 Å². The summed E-state index contributed by atoms with van der Waals surface area (Å²) in [5.74, 6) is -1.85. The number of nitrogens with zero attached hydrogens (tertiary/aromatic N) is 1. The first kappa shape index (κ1) is 16.6. The lowest BCUT2D eigenvalue weighted by Crippen LogP contribution is -2.10. The molecule has 0 fully saturated rings. The number of nitro groups is 1. The van der Waals surface area contributed by atoms with Crippen LogP contribution in [0, 0.1) is 15.9 Å². The number of rotatable bonds is 7. The first-order valence-corrected chi connectivity index (χ1v) is 7.71. The summed E-state index contributed by atoms with van der Waals surface area (Å²) in [6.45, 7) is 2.13. The van der Waals surface area contributed by atoms with Crippen LogP contribution in [0.3, 0.4) is 0 Å². The van der Waals surface area contributed by atoms with Crippen LogP contribution in [0.2, 0.25) is 0 Å². The molecule has 0 bridgehead atoms. The quantitative estimate of drug-likeness (QED) is 0.329. The Morgan fingerprint density at radius 3 is 2.55 bits per heavy atom. The van der Waals surface area contributed by atoms with Gasteiger partial charge in [0.2, 0.25) is 0 Å². The monoisotopic (exact) mass is 327 g/mol. The highest BCUT2D eigenvalue weighted by molar-refractivity contribution is 8.13. The number of ether oxygens (including phenoxy) is 2. The molecule has 112 valence electrons. The second-order valence-corrected chi connectivity index (χ2v) is 6.03. The highest BCUT2D eigenvalue weighted by Gasteiger charge is 2.25. The van der Waals surface area contributed by atoms with Crippen LogP contribution in [0.1, 0.15) is 6.92 Å². The van der Waals surface area contributed by atoms with Gasteiger partial charge in [0.1, 0.15) is 11.5 Å². The van der Waals surface area contributed by atoms with Gasteiger partial charge < -0.3 is 9.47 Å². The molecule has 0 aromatic heterocycles. The van der Waals surface area contributed by atoms with Gasteiger partial charge in [-0.2, -0.15) is 0 Å². The second kappa shape index (κ2) is 6.82. The predicted molar refractivity (Wildman–Crippen MR) is 68.1 cm³/mol. The maximum Gasteiger partial charge on any atom is 0.273 e. The van der Waals surface area contributed by atoms with Crippen molar-refractivity contribution in [1.29, 1.82) is 0 Å². The van der Waals surface area contributed by atoms with Crippen molar-refractivity contribution in [2.45, 2.75) is 11.8 Å². The molecule has 0 saturated carbocycles. The molecular weight excluding hydrogens is 317 g/mol. The van der Waals surface area contributed by atoms with E-state index in [2.05, 4.69) is 0 Å². The summed E-state index contributed by atoms with van der Waals surface area (Å²) < 4.78 is 46.3. The van der Waals surface area contributed by atoms with E-state index >= 15 is 0 Å². The van der Waals surface area contributed by atoms with Crippen LogP contribution in [-0.2, 0) is 13.8 Å². The zero-order chi connectivity index (χ0) is 15.3. The Kier molecular flexibility index (Phi) is 5.66. The summed E-state index contributed by atoms with van der Waals surface area (Å²) in [7, 11) is 0.731. The van der Waals surface area contributed by atoms with Crippen molar-refractivity contribution in [3.8, 4) is 5.75 Å². The van der Waals surface area contributed by atoms with E-state index in [-0.39, 0.29) is 13.2 Å². The maximum absolute atomic E-state index is 13.7. The van der Waals surface area contributed by atoms with Crippen molar-refractivity contribution in [2.75, 3.05) is 19.8 Å². The minimum absolute atomic E-state index is 0.106. The molecule has 0 N–H and O–H groups in total. The number of hydrogen-bond donors (Lipinski definition) is 0. The molecule has 0 radical (unpaired) electrons. The third kappa shape index (κ3) is 4.29. The Bertz CT molecular complexity index is 606. The first-order valence-electron chi connectivity index (χ1n) is 5.40. The summed E-state index contributed by atoms with van der Waals surface area (Å²) in [5.41, 5.74) is -0.737. The van der Waals surface area contributed by atoms with Gasteiger partial charge in [-0.1, -0.05) is 0 Å². The predicted octanol–water partition coefficient (Wildman–Crippen LogP) is 2.08. The molecule has 1 rings (SSSR count). The van der Waals surface area contributed by atoms with E-state index in [9.17, 15) is 22.9 Å². The molecule has 20 heavy (non-hydrogen) atoms. The van der Waals surface area contributed by atoms with Gasteiger partial charge in [-0.3, -0.25) is 10.1 Å². The lowest BCUT2D eigenvalue weighted by Gasteiger charge is -2.10. The lowest BCUT2D eigenvalue weighted by molar-refractivity contribution is -0.385. The number of non-ortho nitro benzene ring substituents is 1. The van der Waals surface area contributed by atoms with Gasteiger partial charge in [0.05, 0.1) is 17.6 Å². The summed E-state index contributed by atoms with van der Waals surface area (Å²) in [4.78, 5) is 8.86. The zero-order valence-corrected chi connectivity index (χ0v) is 11.9. The molecule has 1 aromatic rings. The van der Waals surface area contributed by atoms with Crippen LogP contribution < -0.4 is 4.74 Å². The van der Waals surface area contributed by atoms with Gasteiger partial charge in [-0.25, -0.2) is 12.8 Å². The van der Waals surface area contributed by atoms with Crippen LogP contribution in [0.15, 0.2) is 17.0 Å². The summed E-state index contributed by atoms with van der Waals surface area (Å²) >= 11 is 0. The van der Waals surface area contributed by atoms with Gasteiger partial charge in [0, 0.05) is 23.4 Å². The van der Waals surface area contributed by atoms with Gasteiger partial charge in [0.25, 0.3) is 14.7 Å². The Morgan fingerprint density at radius 1 is 1.40 bits per heavy atom. The van der Waals surface area contributed by atoms with Gasteiger partial charge in [-0.15, -0.1) is 0 Å².